The van der Waals surface area contributed by atoms with E-state index in [1.54, 1.807) is 12.4 Å². The predicted molar refractivity (Wildman–Crippen MR) is 77.9 cm³/mol. The summed E-state index contributed by atoms with van der Waals surface area (Å²) in [7, 11) is 0. The topological polar surface area (TPSA) is 29.0 Å². The summed E-state index contributed by atoms with van der Waals surface area (Å²) in [5, 5.41) is 0. The third-order valence-electron chi connectivity index (χ3n) is 2.46. The van der Waals surface area contributed by atoms with Crippen LogP contribution in [0.3, 0.4) is 0 Å². The van der Waals surface area contributed by atoms with Crippen molar-refractivity contribution in [3.05, 3.63) is 52.8 Å². The molecule has 0 atom stereocenters. The molecule has 0 amide bonds. The van der Waals surface area contributed by atoms with Crippen molar-refractivity contribution in [3.8, 4) is 0 Å². The molecule has 0 N–H and O–H groups in total. The van der Waals surface area contributed by atoms with Crippen LogP contribution in [0.25, 0.3) is 0 Å². The number of alkyl halides is 1. The molecule has 0 bridgehead atoms. The van der Waals surface area contributed by atoms with Gasteiger partial charge in [0.2, 0.25) is 5.95 Å². The van der Waals surface area contributed by atoms with Gasteiger partial charge in [-0.25, -0.2) is 9.97 Å². The number of anilines is 1. The molecule has 2 rings (SSSR count). The normalized spacial score (nSPS) is 10.3. The second-order valence-electron chi connectivity index (χ2n) is 3.80. The first-order valence-electron chi connectivity index (χ1n) is 5.62. The van der Waals surface area contributed by atoms with E-state index in [1.807, 2.05) is 18.2 Å². The van der Waals surface area contributed by atoms with E-state index in [9.17, 15) is 0 Å². The van der Waals surface area contributed by atoms with Crippen molar-refractivity contribution in [2.75, 3.05) is 17.3 Å². The molecule has 0 saturated carbocycles. The van der Waals surface area contributed by atoms with E-state index >= 15 is 0 Å². The maximum absolute atomic E-state index is 5.84. The molecule has 0 spiro atoms. The van der Waals surface area contributed by atoms with Crippen LogP contribution in [0.2, 0.25) is 0 Å². The van der Waals surface area contributed by atoms with Crippen LogP contribution in [0.4, 0.5) is 5.95 Å². The van der Waals surface area contributed by atoms with Gasteiger partial charge in [0.25, 0.3) is 0 Å². The number of halogens is 2. The summed E-state index contributed by atoms with van der Waals surface area (Å²) >= 11 is 9.17. The average Bonchev–Trinajstić information content (AvgIpc) is 2.40. The zero-order valence-corrected chi connectivity index (χ0v) is 12.1. The Morgan fingerprint density at radius 1 is 1.11 bits per heavy atom. The van der Waals surface area contributed by atoms with E-state index in [0.29, 0.717) is 11.8 Å². The minimum Gasteiger partial charge on any atom is -0.335 e. The van der Waals surface area contributed by atoms with Gasteiger partial charge in [-0.05, 0) is 21.5 Å². The van der Waals surface area contributed by atoms with Crippen LogP contribution in [0.15, 0.2) is 47.2 Å². The quantitative estimate of drug-likeness (QED) is 0.788. The Labute approximate surface area is 120 Å². The van der Waals surface area contributed by atoms with Gasteiger partial charge >= 0.3 is 0 Å². The monoisotopic (exact) mass is 325 g/mol. The van der Waals surface area contributed by atoms with E-state index in [-0.39, 0.29) is 0 Å². The molecule has 0 fully saturated rings. The van der Waals surface area contributed by atoms with Gasteiger partial charge in [0.1, 0.15) is 0 Å². The molecule has 2 aromatic rings. The van der Waals surface area contributed by atoms with E-state index in [0.717, 1.165) is 17.6 Å². The molecule has 0 aliphatic heterocycles. The van der Waals surface area contributed by atoms with Crippen molar-refractivity contribution in [2.45, 2.75) is 6.54 Å². The zero-order valence-electron chi connectivity index (χ0n) is 9.76. The fourth-order valence-electron chi connectivity index (χ4n) is 1.62. The molecule has 0 aliphatic carbocycles. The molecule has 18 heavy (non-hydrogen) atoms. The highest BCUT2D eigenvalue weighted by atomic mass is 79.9. The fraction of sp³-hybridized carbons (Fsp3) is 0.231. The van der Waals surface area contributed by atoms with Gasteiger partial charge in [-0.3, -0.25) is 0 Å². The molecule has 1 aromatic carbocycles. The van der Waals surface area contributed by atoms with Gasteiger partial charge in [-0.2, -0.15) is 0 Å². The highest BCUT2D eigenvalue weighted by Gasteiger charge is 2.09. The molecule has 3 nitrogen and oxygen atoms in total. The molecule has 0 saturated heterocycles. The van der Waals surface area contributed by atoms with Crippen molar-refractivity contribution in [2.24, 2.45) is 0 Å². The van der Waals surface area contributed by atoms with Gasteiger partial charge in [-0.1, -0.05) is 30.3 Å². The molecular weight excluding hydrogens is 314 g/mol. The fourth-order valence-corrected chi connectivity index (χ4v) is 2.03. The lowest BCUT2D eigenvalue weighted by Crippen LogP contribution is -2.26. The minimum absolute atomic E-state index is 0.548. The van der Waals surface area contributed by atoms with Gasteiger partial charge in [0, 0.05) is 31.4 Å². The van der Waals surface area contributed by atoms with E-state index < -0.39 is 0 Å². The summed E-state index contributed by atoms with van der Waals surface area (Å²) < 4.78 is 0.872. The molecule has 94 valence electrons. The first-order chi connectivity index (χ1) is 8.79. The third-order valence-corrected chi connectivity index (χ3v) is 3.04. The third kappa shape index (κ3) is 3.68. The number of rotatable bonds is 5. The summed E-state index contributed by atoms with van der Waals surface area (Å²) in [6.45, 7) is 1.48. The van der Waals surface area contributed by atoms with Crippen LogP contribution in [0.5, 0.6) is 0 Å². The lowest BCUT2D eigenvalue weighted by molar-refractivity contribution is 0.793. The standard InChI is InChI=1S/C13H13BrClN3/c14-12-8-16-13(17-9-12)18(7-6-15)10-11-4-2-1-3-5-11/h1-5,8-9H,6-7,10H2. The van der Waals surface area contributed by atoms with E-state index in [2.05, 4.69) is 42.9 Å². The second kappa shape index (κ2) is 6.71. The Balaban J connectivity index is 2.15. The SMILES string of the molecule is ClCCN(Cc1ccccc1)c1ncc(Br)cn1. The Kier molecular flexibility index (Phi) is 4.96. The summed E-state index contributed by atoms with van der Waals surface area (Å²) in [4.78, 5) is 10.7. The average molecular weight is 327 g/mol. The number of hydrogen-bond donors (Lipinski definition) is 0. The van der Waals surface area contributed by atoms with Crippen molar-refractivity contribution < 1.29 is 0 Å². The Morgan fingerprint density at radius 2 is 1.78 bits per heavy atom. The predicted octanol–water partition coefficient (Wildman–Crippen LogP) is 3.48. The van der Waals surface area contributed by atoms with Crippen LogP contribution >= 0.6 is 27.5 Å². The van der Waals surface area contributed by atoms with Gasteiger partial charge < -0.3 is 4.90 Å². The van der Waals surface area contributed by atoms with Gasteiger partial charge in [0.05, 0.1) is 4.47 Å². The molecule has 1 heterocycles. The molecule has 0 unspecified atom stereocenters. The number of hydrogen-bond acceptors (Lipinski definition) is 3. The molecular formula is C13H13BrClN3. The summed E-state index contributed by atoms with van der Waals surface area (Å²) in [5.41, 5.74) is 1.22. The molecule has 0 aliphatic rings. The Bertz CT molecular complexity index is 475. The first-order valence-corrected chi connectivity index (χ1v) is 6.95. The maximum atomic E-state index is 5.84. The summed E-state index contributed by atoms with van der Waals surface area (Å²) in [6, 6.07) is 10.2. The molecule has 5 heteroatoms. The Hall–Kier alpha value is -1.13. The lowest BCUT2D eigenvalue weighted by Gasteiger charge is -2.21. The van der Waals surface area contributed by atoms with Gasteiger partial charge in [-0.15, -0.1) is 11.6 Å². The number of benzene rings is 1. The zero-order chi connectivity index (χ0) is 12.8. The molecule has 0 radical (unpaired) electrons. The van der Waals surface area contributed by atoms with Crippen molar-refractivity contribution in [1.29, 1.82) is 0 Å². The summed E-state index contributed by atoms with van der Waals surface area (Å²) in [6.07, 6.45) is 3.49. The number of aromatic nitrogens is 2. The van der Waals surface area contributed by atoms with E-state index in [1.165, 1.54) is 5.56 Å². The number of nitrogens with zero attached hydrogens (tertiary/aromatic N) is 3. The largest absolute Gasteiger partial charge is 0.335 e. The smallest absolute Gasteiger partial charge is 0.225 e. The van der Waals surface area contributed by atoms with Crippen LogP contribution in [0, 0.1) is 0 Å². The minimum atomic E-state index is 0.548. The van der Waals surface area contributed by atoms with Crippen LogP contribution in [0.1, 0.15) is 5.56 Å². The first kappa shape index (κ1) is 13.3. The summed E-state index contributed by atoms with van der Waals surface area (Å²) in [5.74, 6) is 1.24. The second-order valence-corrected chi connectivity index (χ2v) is 5.09. The lowest BCUT2D eigenvalue weighted by atomic mass is 10.2. The highest BCUT2D eigenvalue weighted by molar-refractivity contribution is 9.10. The Morgan fingerprint density at radius 3 is 2.39 bits per heavy atom. The molecule has 1 aromatic heterocycles. The van der Waals surface area contributed by atoms with Gasteiger partial charge in [0.15, 0.2) is 0 Å². The van der Waals surface area contributed by atoms with Crippen molar-refractivity contribution >= 4 is 33.5 Å². The maximum Gasteiger partial charge on any atom is 0.225 e. The van der Waals surface area contributed by atoms with Crippen LogP contribution in [-0.2, 0) is 6.54 Å². The van der Waals surface area contributed by atoms with E-state index in [4.69, 9.17) is 11.6 Å². The van der Waals surface area contributed by atoms with Crippen LogP contribution in [-0.4, -0.2) is 22.4 Å². The van der Waals surface area contributed by atoms with Crippen LogP contribution < -0.4 is 4.90 Å². The van der Waals surface area contributed by atoms with Crippen molar-refractivity contribution in [3.63, 3.8) is 0 Å². The van der Waals surface area contributed by atoms with Crippen molar-refractivity contribution in [1.82, 2.24) is 9.97 Å². The highest BCUT2D eigenvalue weighted by Crippen LogP contribution is 2.14.